The van der Waals surface area contributed by atoms with Gasteiger partial charge in [-0.25, -0.2) is 9.88 Å². The number of pyridine rings is 1. The Morgan fingerprint density at radius 2 is 1.43 bits per heavy atom. The third-order valence-corrected chi connectivity index (χ3v) is 6.72. The van der Waals surface area contributed by atoms with Crippen LogP contribution in [0.3, 0.4) is 0 Å². The minimum atomic E-state index is -0.306. The Morgan fingerprint density at radius 1 is 0.771 bits per heavy atom. The molecule has 6 rings (SSSR count). The summed E-state index contributed by atoms with van der Waals surface area (Å²) in [5.74, 6) is -0.569. The largest absolute Gasteiger partial charge is 0.366 e. The summed E-state index contributed by atoms with van der Waals surface area (Å²) in [6, 6.07) is 20.2. The molecule has 2 aromatic carbocycles. The molecule has 0 N–H and O–H groups in total. The number of benzene rings is 2. The van der Waals surface area contributed by atoms with Gasteiger partial charge >= 0.3 is 0 Å². The number of amides is 3. The zero-order chi connectivity index (χ0) is 23.9. The van der Waals surface area contributed by atoms with Gasteiger partial charge in [-0.1, -0.05) is 24.3 Å². The molecule has 2 aliphatic heterocycles. The van der Waals surface area contributed by atoms with Crippen molar-refractivity contribution in [1.29, 1.82) is 0 Å². The fourth-order valence-electron chi connectivity index (χ4n) is 4.92. The van der Waals surface area contributed by atoms with E-state index in [1.54, 1.807) is 36.5 Å². The maximum Gasteiger partial charge on any atom is 0.266 e. The lowest BCUT2D eigenvalue weighted by Crippen LogP contribution is -2.50. The lowest BCUT2D eigenvalue weighted by atomic mass is 10.1. The SMILES string of the molecule is O=C(Cn1ccc2cccnc21)N1CCN(c2ccccc2N2C(=O)c3ccccc3C2=O)CC1. The standard InChI is InChI=1S/C27H23N5O3/c33-24(18-31-13-11-19-6-5-12-28-25(19)31)30-16-14-29(15-17-30)22-9-3-4-10-23(22)32-26(34)20-7-1-2-8-21(20)27(32)35/h1-13H,14-18H2. The summed E-state index contributed by atoms with van der Waals surface area (Å²) in [7, 11) is 0. The summed E-state index contributed by atoms with van der Waals surface area (Å²) in [5, 5.41) is 1.01. The molecule has 8 heteroatoms. The van der Waals surface area contributed by atoms with E-state index in [1.165, 1.54) is 4.90 Å². The highest BCUT2D eigenvalue weighted by molar-refractivity contribution is 6.35. The maximum absolute atomic E-state index is 13.1. The van der Waals surface area contributed by atoms with Crippen LogP contribution in [0, 0.1) is 0 Å². The first kappa shape index (κ1) is 21.1. The summed E-state index contributed by atoms with van der Waals surface area (Å²) >= 11 is 0. The van der Waals surface area contributed by atoms with E-state index >= 15 is 0 Å². The molecule has 0 atom stereocenters. The second-order valence-electron chi connectivity index (χ2n) is 8.71. The van der Waals surface area contributed by atoms with E-state index in [0.29, 0.717) is 43.0 Å². The third-order valence-electron chi connectivity index (χ3n) is 6.72. The molecule has 0 bridgehead atoms. The number of fused-ring (bicyclic) bond motifs is 2. The van der Waals surface area contributed by atoms with Gasteiger partial charge in [0.2, 0.25) is 5.91 Å². The lowest BCUT2D eigenvalue weighted by Gasteiger charge is -2.37. The zero-order valence-corrected chi connectivity index (χ0v) is 19.0. The molecule has 174 valence electrons. The Labute approximate surface area is 202 Å². The van der Waals surface area contributed by atoms with Crippen molar-refractivity contribution >= 4 is 40.1 Å². The second kappa shape index (κ2) is 8.39. The van der Waals surface area contributed by atoms with Crippen molar-refractivity contribution in [3.05, 3.63) is 90.3 Å². The van der Waals surface area contributed by atoms with E-state index < -0.39 is 0 Å². The number of hydrogen-bond acceptors (Lipinski definition) is 5. The van der Waals surface area contributed by atoms with E-state index in [-0.39, 0.29) is 24.3 Å². The molecular formula is C27H23N5O3. The molecule has 0 radical (unpaired) electrons. The second-order valence-corrected chi connectivity index (χ2v) is 8.71. The number of imide groups is 1. The first-order valence-electron chi connectivity index (χ1n) is 11.6. The molecule has 2 aliphatic rings. The van der Waals surface area contributed by atoms with E-state index in [4.69, 9.17) is 0 Å². The van der Waals surface area contributed by atoms with Gasteiger partial charge in [-0.2, -0.15) is 0 Å². The molecule has 35 heavy (non-hydrogen) atoms. The molecule has 1 fully saturated rings. The van der Waals surface area contributed by atoms with E-state index in [9.17, 15) is 14.4 Å². The van der Waals surface area contributed by atoms with Gasteiger partial charge in [0.15, 0.2) is 0 Å². The van der Waals surface area contributed by atoms with Crippen LogP contribution < -0.4 is 9.80 Å². The highest BCUT2D eigenvalue weighted by Crippen LogP contribution is 2.35. The van der Waals surface area contributed by atoms with Gasteiger partial charge in [0, 0.05) is 44.0 Å². The number of anilines is 2. The number of para-hydroxylation sites is 2. The fraction of sp³-hybridized carbons (Fsp3) is 0.185. The van der Waals surface area contributed by atoms with Crippen LogP contribution >= 0.6 is 0 Å². The molecule has 0 saturated carbocycles. The van der Waals surface area contributed by atoms with Gasteiger partial charge in [0.05, 0.1) is 22.5 Å². The van der Waals surface area contributed by atoms with Crippen LogP contribution in [0.4, 0.5) is 11.4 Å². The molecular weight excluding hydrogens is 442 g/mol. The van der Waals surface area contributed by atoms with Crippen LogP contribution in [0.2, 0.25) is 0 Å². The maximum atomic E-state index is 13.1. The minimum Gasteiger partial charge on any atom is -0.366 e. The number of hydrogen-bond donors (Lipinski definition) is 0. The van der Waals surface area contributed by atoms with Gasteiger partial charge in [0.1, 0.15) is 12.2 Å². The number of piperazine rings is 1. The summed E-state index contributed by atoms with van der Waals surface area (Å²) in [4.78, 5) is 48.8. The number of rotatable bonds is 4. The van der Waals surface area contributed by atoms with Crippen molar-refractivity contribution in [2.45, 2.75) is 6.54 Å². The van der Waals surface area contributed by atoms with Crippen LogP contribution in [0.25, 0.3) is 11.0 Å². The van der Waals surface area contributed by atoms with E-state index in [1.807, 2.05) is 52.1 Å². The van der Waals surface area contributed by atoms with Gasteiger partial charge in [-0.3, -0.25) is 14.4 Å². The predicted molar refractivity (Wildman–Crippen MR) is 133 cm³/mol. The van der Waals surface area contributed by atoms with Crippen molar-refractivity contribution in [2.75, 3.05) is 36.0 Å². The Kier molecular flexibility index (Phi) is 5.06. The van der Waals surface area contributed by atoms with Gasteiger partial charge < -0.3 is 14.4 Å². The van der Waals surface area contributed by atoms with E-state index in [2.05, 4.69) is 9.88 Å². The molecule has 4 aromatic rings. The summed E-state index contributed by atoms with van der Waals surface area (Å²) in [6.07, 6.45) is 3.62. The number of aromatic nitrogens is 2. The number of carbonyl (C=O) groups is 3. The topological polar surface area (TPSA) is 78.8 Å². The molecule has 0 spiro atoms. The van der Waals surface area contributed by atoms with Gasteiger partial charge in [-0.15, -0.1) is 0 Å². The highest BCUT2D eigenvalue weighted by Gasteiger charge is 2.38. The Balaban J connectivity index is 1.18. The zero-order valence-electron chi connectivity index (χ0n) is 19.0. The monoisotopic (exact) mass is 465 g/mol. The molecule has 0 aliphatic carbocycles. The van der Waals surface area contributed by atoms with Crippen LogP contribution in [0.1, 0.15) is 20.7 Å². The normalized spacial score (nSPS) is 15.7. The number of nitrogens with zero attached hydrogens (tertiary/aromatic N) is 5. The summed E-state index contributed by atoms with van der Waals surface area (Å²) < 4.78 is 1.88. The minimum absolute atomic E-state index is 0.0430. The van der Waals surface area contributed by atoms with Crippen LogP contribution in [0.5, 0.6) is 0 Å². The Hall–Kier alpha value is -4.46. The average Bonchev–Trinajstić information content (AvgIpc) is 3.42. The van der Waals surface area contributed by atoms with Gasteiger partial charge in [0.25, 0.3) is 11.8 Å². The molecule has 3 amide bonds. The molecule has 8 nitrogen and oxygen atoms in total. The Morgan fingerprint density at radius 3 is 2.14 bits per heavy atom. The molecule has 2 aromatic heterocycles. The van der Waals surface area contributed by atoms with Crippen molar-refractivity contribution in [3.8, 4) is 0 Å². The lowest BCUT2D eigenvalue weighted by molar-refractivity contribution is -0.132. The molecule has 1 saturated heterocycles. The molecule has 0 unspecified atom stereocenters. The first-order chi connectivity index (χ1) is 17.1. The smallest absolute Gasteiger partial charge is 0.266 e. The predicted octanol–water partition coefficient (Wildman–Crippen LogP) is 3.19. The highest BCUT2D eigenvalue weighted by atomic mass is 16.2. The average molecular weight is 466 g/mol. The quantitative estimate of drug-likeness (QED) is 0.433. The van der Waals surface area contributed by atoms with E-state index in [0.717, 1.165) is 16.7 Å². The van der Waals surface area contributed by atoms with Crippen molar-refractivity contribution in [1.82, 2.24) is 14.5 Å². The summed E-state index contributed by atoms with van der Waals surface area (Å²) in [5.41, 5.74) is 3.04. The van der Waals surface area contributed by atoms with Crippen molar-refractivity contribution in [2.24, 2.45) is 0 Å². The van der Waals surface area contributed by atoms with Crippen LogP contribution in [0.15, 0.2) is 79.1 Å². The molecule has 4 heterocycles. The van der Waals surface area contributed by atoms with Crippen LogP contribution in [-0.4, -0.2) is 58.4 Å². The van der Waals surface area contributed by atoms with Crippen molar-refractivity contribution < 1.29 is 14.4 Å². The Bertz CT molecular complexity index is 1430. The third kappa shape index (κ3) is 3.54. The van der Waals surface area contributed by atoms with Gasteiger partial charge in [-0.05, 0) is 42.5 Å². The van der Waals surface area contributed by atoms with Crippen LogP contribution in [-0.2, 0) is 11.3 Å². The summed E-state index contributed by atoms with van der Waals surface area (Å²) in [6.45, 7) is 2.57. The fourth-order valence-corrected chi connectivity index (χ4v) is 4.92. The number of carbonyl (C=O) groups excluding carboxylic acids is 3. The van der Waals surface area contributed by atoms with Crippen molar-refractivity contribution in [3.63, 3.8) is 0 Å². The first-order valence-corrected chi connectivity index (χ1v) is 11.6.